The van der Waals surface area contributed by atoms with Crippen LogP contribution in [0.15, 0.2) is 0 Å². The maximum atomic E-state index is 11.2. The Morgan fingerprint density at radius 1 is 0.769 bits per heavy atom. The average molecular weight is 210 g/mol. The van der Waals surface area contributed by atoms with Crippen LogP contribution in [0.25, 0.3) is 0 Å². The molecule has 0 aliphatic heterocycles. The van der Waals surface area contributed by atoms with Crippen molar-refractivity contribution in [2.75, 3.05) is 24.7 Å². The first-order valence-corrected chi connectivity index (χ1v) is 6.36. The zero-order valence-corrected chi connectivity index (χ0v) is 8.59. The highest BCUT2D eigenvalue weighted by Crippen LogP contribution is 2.01. The van der Waals surface area contributed by atoms with Gasteiger partial charge in [0.1, 0.15) is 9.84 Å². The molecule has 0 unspecified atom stereocenters. The van der Waals surface area contributed by atoms with Crippen molar-refractivity contribution >= 4 is 9.84 Å². The van der Waals surface area contributed by atoms with Crippen LogP contribution in [-0.4, -0.2) is 43.4 Å². The summed E-state index contributed by atoms with van der Waals surface area (Å²) >= 11 is 0. The van der Waals surface area contributed by atoms with Crippen LogP contribution in [0, 0.1) is 0 Å². The zero-order chi connectivity index (χ0) is 10.2. The summed E-state index contributed by atoms with van der Waals surface area (Å²) in [4.78, 5) is 0. The number of aliphatic hydroxyl groups is 2. The molecule has 80 valence electrons. The predicted molar refractivity (Wildman–Crippen MR) is 51.3 cm³/mol. The molecular formula is C8H18O4S. The van der Waals surface area contributed by atoms with E-state index in [1.54, 1.807) is 0 Å². The molecule has 0 radical (unpaired) electrons. The van der Waals surface area contributed by atoms with Gasteiger partial charge in [-0.05, 0) is 25.7 Å². The standard InChI is InChI=1S/C8H18O4S/c9-5-1-3-7-13(11,12)8-4-2-6-10/h9-10H,1-8H2. The molecule has 0 spiro atoms. The second-order valence-corrected chi connectivity index (χ2v) is 5.32. The summed E-state index contributed by atoms with van der Waals surface area (Å²) in [6.45, 7) is 0.0956. The topological polar surface area (TPSA) is 74.6 Å². The molecule has 0 aromatic heterocycles. The smallest absolute Gasteiger partial charge is 0.150 e. The fourth-order valence-corrected chi connectivity index (χ4v) is 2.46. The molecule has 0 amide bonds. The van der Waals surface area contributed by atoms with Crippen molar-refractivity contribution in [2.24, 2.45) is 0 Å². The van der Waals surface area contributed by atoms with Gasteiger partial charge < -0.3 is 10.2 Å². The van der Waals surface area contributed by atoms with E-state index in [2.05, 4.69) is 0 Å². The summed E-state index contributed by atoms with van der Waals surface area (Å²) in [5.74, 6) is 0.304. The predicted octanol–water partition coefficient (Wildman–Crippen LogP) is -0.0538. The van der Waals surface area contributed by atoms with Gasteiger partial charge in [0.05, 0.1) is 11.5 Å². The Hall–Kier alpha value is -0.130. The molecule has 0 atom stereocenters. The first-order chi connectivity index (χ1) is 6.12. The molecule has 0 fully saturated rings. The van der Waals surface area contributed by atoms with Crippen LogP contribution in [0.4, 0.5) is 0 Å². The number of sulfone groups is 1. The van der Waals surface area contributed by atoms with Gasteiger partial charge in [0, 0.05) is 13.2 Å². The summed E-state index contributed by atoms with van der Waals surface area (Å²) < 4.78 is 22.4. The molecule has 0 saturated carbocycles. The molecule has 2 N–H and O–H groups in total. The Kier molecular flexibility index (Phi) is 7.22. The maximum Gasteiger partial charge on any atom is 0.150 e. The third-order valence-corrected chi connectivity index (χ3v) is 3.55. The van der Waals surface area contributed by atoms with Gasteiger partial charge in [-0.2, -0.15) is 0 Å². The number of hydrogen-bond acceptors (Lipinski definition) is 4. The van der Waals surface area contributed by atoms with Crippen molar-refractivity contribution in [1.82, 2.24) is 0 Å². The highest BCUT2D eigenvalue weighted by atomic mass is 32.2. The SMILES string of the molecule is O=S(=O)(CCCCO)CCCCO. The van der Waals surface area contributed by atoms with Crippen LogP contribution >= 0.6 is 0 Å². The van der Waals surface area contributed by atoms with Crippen LogP contribution < -0.4 is 0 Å². The van der Waals surface area contributed by atoms with Crippen LogP contribution in [0.3, 0.4) is 0 Å². The van der Waals surface area contributed by atoms with E-state index in [9.17, 15) is 8.42 Å². The quantitative estimate of drug-likeness (QED) is 0.551. The van der Waals surface area contributed by atoms with Crippen molar-refractivity contribution in [3.05, 3.63) is 0 Å². The molecule has 0 heterocycles. The summed E-state index contributed by atoms with van der Waals surface area (Å²) in [5, 5.41) is 16.9. The van der Waals surface area contributed by atoms with Crippen LogP contribution in [0.2, 0.25) is 0 Å². The minimum Gasteiger partial charge on any atom is -0.396 e. The summed E-state index contributed by atoms with van der Waals surface area (Å²) in [6, 6.07) is 0. The Morgan fingerprint density at radius 2 is 1.15 bits per heavy atom. The zero-order valence-electron chi connectivity index (χ0n) is 7.78. The average Bonchev–Trinajstić information content (AvgIpc) is 2.05. The first-order valence-electron chi connectivity index (χ1n) is 4.54. The molecule has 0 aliphatic carbocycles. The van der Waals surface area contributed by atoms with E-state index < -0.39 is 9.84 Å². The monoisotopic (exact) mass is 210 g/mol. The summed E-state index contributed by atoms with van der Waals surface area (Å²) in [7, 11) is -2.95. The highest BCUT2D eigenvalue weighted by molar-refractivity contribution is 7.91. The Labute approximate surface area is 79.5 Å². The van der Waals surface area contributed by atoms with Gasteiger partial charge in [0.15, 0.2) is 0 Å². The van der Waals surface area contributed by atoms with E-state index in [-0.39, 0.29) is 24.7 Å². The number of unbranched alkanes of at least 4 members (excludes halogenated alkanes) is 2. The minimum absolute atomic E-state index is 0.0478. The molecule has 4 nitrogen and oxygen atoms in total. The molecule has 0 saturated heterocycles. The van der Waals surface area contributed by atoms with E-state index >= 15 is 0 Å². The van der Waals surface area contributed by atoms with Gasteiger partial charge in [0.25, 0.3) is 0 Å². The molecule has 0 aromatic rings. The second-order valence-electron chi connectivity index (χ2n) is 3.01. The Balaban J connectivity index is 3.55. The molecule has 0 aromatic carbocycles. The molecule has 5 heteroatoms. The lowest BCUT2D eigenvalue weighted by Gasteiger charge is -2.02. The van der Waals surface area contributed by atoms with Gasteiger partial charge in [-0.15, -0.1) is 0 Å². The fourth-order valence-electron chi connectivity index (χ4n) is 0.970. The third kappa shape index (κ3) is 8.21. The van der Waals surface area contributed by atoms with Crippen LogP contribution in [-0.2, 0) is 9.84 Å². The number of aliphatic hydroxyl groups excluding tert-OH is 2. The molecule has 0 bridgehead atoms. The van der Waals surface area contributed by atoms with Crippen molar-refractivity contribution in [3.8, 4) is 0 Å². The van der Waals surface area contributed by atoms with Crippen LogP contribution in [0.1, 0.15) is 25.7 Å². The van der Waals surface area contributed by atoms with Crippen LogP contribution in [0.5, 0.6) is 0 Å². The van der Waals surface area contributed by atoms with E-state index in [0.29, 0.717) is 25.7 Å². The summed E-state index contributed by atoms with van der Waals surface area (Å²) in [6.07, 6.45) is 2.13. The maximum absolute atomic E-state index is 11.2. The highest BCUT2D eigenvalue weighted by Gasteiger charge is 2.08. The largest absolute Gasteiger partial charge is 0.396 e. The van der Waals surface area contributed by atoms with Crippen molar-refractivity contribution in [1.29, 1.82) is 0 Å². The Bertz CT molecular complexity index is 182. The van der Waals surface area contributed by atoms with Gasteiger partial charge in [-0.3, -0.25) is 0 Å². The minimum atomic E-state index is -2.95. The van der Waals surface area contributed by atoms with Gasteiger partial charge in [-0.1, -0.05) is 0 Å². The van der Waals surface area contributed by atoms with E-state index in [1.165, 1.54) is 0 Å². The fraction of sp³-hybridized carbons (Fsp3) is 1.00. The molecule has 0 rings (SSSR count). The van der Waals surface area contributed by atoms with Crippen molar-refractivity contribution < 1.29 is 18.6 Å². The van der Waals surface area contributed by atoms with E-state index in [1.807, 2.05) is 0 Å². The lowest BCUT2D eigenvalue weighted by molar-refractivity contribution is 0.286. The second kappa shape index (κ2) is 7.29. The number of hydrogen-bond donors (Lipinski definition) is 2. The molecular weight excluding hydrogens is 192 g/mol. The van der Waals surface area contributed by atoms with Crippen molar-refractivity contribution in [2.45, 2.75) is 25.7 Å². The third-order valence-electron chi connectivity index (χ3n) is 1.73. The molecule has 0 aliphatic rings. The number of rotatable bonds is 8. The van der Waals surface area contributed by atoms with E-state index in [4.69, 9.17) is 10.2 Å². The summed E-state index contributed by atoms with van der Waals surface area (Å²) in [5.41, 5.74) is 0. The van der Waals surface area contributed by atoms with Gasteiger partial charge in [-0.25, -0.2) is 8.42 Å². The lowest BCUT2D eigenvalue weighted by atomic mass is 10.4. The van der Waals surface area contributed by atoms with Crippen molar-refractivity contribution in [3.63, 3.8) is 0 Å². The Morgan fingerprint density at radius 3 is 1.46 bits per heavy atom. The molecule has 13 heavy (non-hydrogen) atoms. The van der Waals surface area contributed by atoms with Gasteiger partial charge >= 0.3 is 0 Å². The first kappa shape index (κ1) is 12.9. The van der Waals surface area contributed by atoms with E-state index in [0.717, 1.165) is 0 Å². The normalized spacial score (nSPS) is 11.8. The lowest BCUT2D eigenvalue weighted by Crippen LogP contribution is -2.11. The van der Waals surface area contributed by atoms with Gasteiger partial charge in [0.2, 0.25) is 0 Å².